The fraction of sp³-hybridized carbons (Fsp3) is 0.500. The van der Waals surface area contributed by atoms with E-state index in [1.165, 1.54) is 0 Å². The van der Waals surface area contributed by atoms with Crippen LogP contribution in [0.15, 0.2) is 16.8 Å². The third kappa shape index (κ3) is 2.94. The zero-order valence-electron chi connectivity index (χ0n) is 7.95. The van der Waals surface area contributed by atoms with Crippen LogP contribution >= 0.6 is 11.3 Å². The Hall–Kier alpha value is -0.670. The Kier molecular flexibility index (Phi) is 4.12. The first-order chi connectivity index (χ1) is 6.25. The summed E-state index contributed by atoms with van der Waals surface area (Å²) in [5, 5.41) is 3.82. The minimum absolute atomic E-state index is 0.0644. The zero-order valence-corrected chi connectivity index (χ0v) is 8.76. The second kappa shape index (κ2) is 5.14. The van der Waals surface area contributed by atoms with Gasteiger partial charge in [-0.1, -0.05) is 6.92 Å². The van der Waals surface area contributed by atoms with Gasteiger partial charge in [-0.2, -0.15) is 11.3 Å². The van der Waals surface area contributed by atoms with Crippen molar-refractivity contribution in [3.63, 3.8) is 0 Å². The maximum absolute atomic E-state index is 11.7. The molecule has 1 unspecified atom stereocenters. The van der Waals surface area contributed by atoms with E-state index in [9.17, 15) is 4.79 Å². The highest BCUT2D eigenvalue weighted by molar-refractivity contribution is 7.08. The molecule has 1 aromatic heterocycles. The van der Waals surface area contributed by atoms with Crippen molar-refractivity contribution in [2.75, 3.05) is 13.7 Å². The first-order valence-electron chi connectivity index (χ1n) is 4.31. The quantitative estimate of drug-likeness (QED) is 0.680. The molecule has 0 saturated carbocycles. The Labute approximate surface area is 82.5 Å². The van der Waals surface area contributed by atoms with Gasteiger partial charge >= 0.3 is 0 Å². The number of hydrogen-bond acceptors (Lipinski definition) is 3. The van der Waals surface area contributed by atoms with Gasteiger partial charge in [0.15, 0.2) is 5.78 Å². The number of ketones is 1. The normalized spacial score (nSPS) is 12.8. The molecule has 0 spiro atoms. The number of carbonyl (C=O) groups is 1. The molecule has 0 aliphatic carbocycles. The van der Waals surface area contributed by atoms with Crippen LogP contribution in [0.4, 0.5) is 0 Å². The summed E-state index contributed by atoms with van der Waals surface area (Å²) in [5.74, 6) is 0.285. The third-order valence-corrected chi connectivity index (χ3v) is 2.69. The standard InChI is InChI=1S/C10H14O2S/c1-8(3-5-12-2)10(11)9-4-6-13-7-9/h4,6-8H,3,5H2,1-2H3. The largest absolute Gasteiger partial charge is 0.385 e. The van der Waals surface area contributed by atoms with Crippen LogP contribution in [0.25, 0.3) is 0 Å². The van der Waals surface area contributed by atoms with Gasteiger partial charge in [0.25, 0.3) is 0 Å². The van der Waals surface area contributed by atoms with Crippen LogP contribution in [0.2, 0.25) is 0 Å². The van der Waals surface area contributed by atoms with Crippen LogP contribution in [0.3, 0.4) is 0 Å². The smallest absolute Gasteiger partial charge is 0.166 e. The molecule has 3 heteroatoms. The third-order valence-electron chi connectivity index (χ3n) is 2.01. The number of methoxy groups -OCH3 is 1. The molecule has 2 nitrogen and oxygen atoms in total. The van der Waals surface area contributed by atoms with Crippen molar-refractivity contribution in [2.24, 2.45) is 5.92 Å². The van der Waals surface area contributed by atoms with E-state index in [1.54, 1.807) is 18.4 Å². The maximum Gasteiger partial charge on any atom is 0.166 e. The maximum atomic E-state index is 11.7. The number of Topliss-reactive ketones (excluding diaryl/α,β-unsaturated/α-hetero) is 1. The predicted molar refractivity (Wildman–Crippen MR) is 54.3 cm³/mol. The Balaban J connectivity index is 2.48. The first kappa shape index (κ1) is 10.4. The van der Waals surface area contributed by atoms with E-state index in [0.717, 1.165) is 12.0 Å². The summed E-state index contributed by atoms with van der Waals surface area (Å²) in [6.45, 7) is 2.59. The molecular formula is C10H14O2S. The molecule has 72 valence electrons. The second-order valence-electron chi connectivity index (χ2n) is 3.06. The van der Waals surface area contributed by atoms with Crippen LogP contribution < -0.4 is 0 Å². The van der Waals surface area contributed by atoms with Crippen molar-refractivity contribution in [3.05, 3.63) is 22.4 Å². The van der Waals surface area contributed by atoms with Crippen molar-refractivity contribution >= 4 is 17.1 Å². The van der Waals surface area contributed by atoms with Gasteiger partial charge in [-0.3, -0.25) is 4.79 Å². The molecule has 0 aliphatic rings. The van der Waals surface area contributed by atoms with E-state index in [2.05, 4.69) is 0 Å². The molecule has 0 amide bonds. The van der Waals surface area contributed by atoms with Gasteiger partial charge in [0.1, 0.15) is 0 Å². The fourth-order valence-corrected chi connectivity index (χ4v) is 1.76. The summed E-state index contributed by atoms with van der Waals surface area (Å²) in [5.41, 5.74) is 0.827. The van der Waals surface area contributed by atoms with Gasteiger partial charge in [-0.15, -0.1) is 0 Å². The molecular weight excluding hydrogens is 184 g/mol. The molecule has 0 N–H and O–H groups in total. The number of ether oxygens (including phenoxy) is 1. The summed E-state index contributed by atoms with van der Waals surface area (Å²) in [4.78, 5) is 11.7. The molecule has 1 atom stereocenters. The summed E-state index contributed by atoms with van der Waals surface area (Å²) in [6.07, 6.45) is 0.797. The number of hydrogen-bond donors (Lipinski definition) is 0. The molecule has 0 aliphatic heterocycles. The molecule has 1 heterocycles. The fourth-order valence-electron chi connectivity index (χ4n) is 1.11. The second-order valence-corrected chi connectivity index (χ2v) is 3.84. The van der Waals surface area contributed by atoms with Crippen molar-refractivity contribution < 1.29 is 9.53 Å². The monoisotopic (exact) mass is 198 g/mol. The van der Waals surface area contributed by atoms with Crippen LogP contribution in [-0.2, 0) is 4.74 Å². The van der Waals surface area contributed by atoms with Crippen LogP contribution in [0, 0.1) is 5.92 Å². The lowest BCUT2D eigenvalue weighted by molar-refractivity contribution is 0.0894. The van der Waals surface area contributed by atoms with Gasteiger partial charge in [0.05, 0.1) is 0 Å². The van der Waals surface area contributed by atoms with E-state index >= 15 is 0 Å². The lowest BCUT2D eigenvalue weighted by atomic mass is 9.99. The van der Waals surface area contributed by atoms with Crippen LogP contribution in [0.5, 0.6) is 0 Å². The van der Waals surface area contributed by atoms with Gasteiger partial charge in [0.2, 0.25) is 0 Å². The van der Waals surface area contributed by atoms with Gasteiger partial charge in [0, 0.05) is 30.6 Å². The zero-order chi connectivity index (χ0) is 9.68. The molecule has 0 fully saturated rings. The van der Waals surface area contributed by atoms with Crippen molar-refractivity contribution in [1.82, 2.24) is 0 Å². The van der Waals surface area contributed by atoms with Gasteiger partial charge in [-0.05, 0) is 17.9 Å². The molecule has 0 radical (unpaired) electrons. The lowest BCUT2D eigenvalue weighted by Crippen LogP contribution is -2.12. The average Bonchev–Trinajstić information content (AvgIpc) is 2.65. The summed E-state index contributed by atoms with van der Waals surface area (Å²) < 4.78 is 4.93. The van der Waals surface area contributed by atoms with Crippen molar-refractivity contribution in [3.8, 4) is 0 Å². The van der Waals surface area contributed by atoms with Crippen molar-refractivity contribution in [2.45, 2.75) is 13.3 Å². The first-order valence-corrected chi connectivity index (χ1v) is 5.25. The summed E-state index contributed by atoms with van der Waals surface area (Å²) in [7, 11) is 1.65. The Morgan fingerprint density at radius 1 is 1.69 bits per heavy atom. The topological polar surface area (TPSA) is 26.3 Å². The van der Waals surface area contributed by atoms with E-state index in [-0.39, 0.29) is 11.7 Å². The van der Waals surface area contributed by atoms with Gasteiger partial charge in [-0.25, -0.2) is 0 Å². The molecule has 1 rings (SSSR count). The molecule has 0 aromatic carbocycles. The number of carbonyl (C=O) groups excluding carboxylic acids is 1. The predicted octanol–water partition coefficient (Wildman–Crippen LogP) is 2.60. The Morgan fingerprint density at radius 2 is 2.46 bits per heavy atom. The number of thiophene rings is 1. The summed E-state index contributed by atoms with van der Waals surface area (Å²) in [6, 6.07) is 1.87. The highest BCUT2D eigenvalue weighted by Gasteiger charge is 2.14. The van der Waals surface area contributed by atoms with E-state index in [1.807, 2.05) is 23.8 Å². The van der Waals surface area contributed by atoms with Crippen molar-refractivity contribution in [1.29, 1.82) is 0 Å². The Bertz CT molecular complexity index is 254. The highest BCUT2D eigenvalue weighted by atomic mass is 32.1. The Morgan fingerprint density at radius 3 is 3.00 bits per heavy atom. The van der Waals surface area contributed by atoms with E-state index in [4.69, 9.17) is 4.74 Å². The molecule has 13 heavy (non-hydrogen) atoms. The van der Waals surface area contributed by atoms with E-state index < -0.39 is 0 Å². The number of rotatable bonds is 5. The molecule has 0 bridgehead atoms. The van der Waals surface area contributed by atoms with E-state index in [0.29, 0.717) is 6.61 Å². The van der Waals surface area contributed by atoms with Crippen LogP contribution in [0.1, 0.15) is 23.7 Å². The van der Waals surface area contributed by atoms with Crippen LogP contribution in [-0.4, -0.2) is 19.5 Å². The SMILES string of the molecule is COCCC(C)C(=O)c1ccsc1. The minimum atomic E-state index is 0.0644. The molecule has 0 saturated heterocycles. The minimum Gasteiger partial charge on any atom is -0.385 e. The lowest BCUT2D eigenvalue weighted by Gasteiger charge is -2.07. The average molecular weight is 198 g/mol. The highest BCUT2D eigenvalue weighted by Crippen LogP contribution is 2.14. The summed E-state index contributed by atoms with van der Waals surface area (Å²) >= 11 is 1.56. The van der Waals surface area contributed by atoms with Gasteiger partial charge < -0.3 is 4.74 Å². The molecule has 1 aromatic rings.